The largest absolute Gasteiger partial charge is 0.448 e. The van der Waals surface area contributed by atoms with E-state index in [1.54, 1.807) is 13.1 Å². The molecule has 1 fully saturated rings. The second-order valence-corrected chi connectivity index (χ2v) is 3.82. The molecule has 1 saturated heterocycles. The number of aromatic amines is 1. The van der Waals surface area contributed by atoms with Gasteiger partial charge in [-0.15, -0.1) is 0 Å². The van der Waals surface area contributed by atoms with Crippen LogP contribution in [0.15, 0.2) is 23.3 Å². The zero-order valence-electron chi connectivity index (χ0n) is 10.4. The molecule has 2 rings (SSSR count). The number of amides is 1. The standard InChI is InChI=1S/C12H17N3O3/c1-2-18-12(16)14-11(10-4-3-5-13-10)15-6-8-17-9-7-15/h3-5,13H,2,6-9H2,1H3/b14-11-. The van der Waals surface area contributed by atoms with E-state index in [0.29, 0.717) is 25.7 Å². The minimum absolute atomic E-state index is 0.323. The number of morpholine rings is 1. The molecular weight excluding hydrogens is 234 g/mol. The van der Waals surface area contributed by atoms with Crippen LogP contribution in [0.3, 0.4) is 0 Å². The minimum atomic E-state index is -0.561. The molecule has 6 heteroatoms. The molecule has 1 amide bonds. The summed E-state index contributed by atoms with van der Waals surface area (Å²) >= 11 is 0. The van der Waals surface area contributed by atoms with Gasteiger partial charge in [-0.2, -0.15) is 4.99 Å². The average Bonchev–Trinajstić information content (AvgIpc) is 2.91. The zero-order valence-corrected chi connectivity index (χ0v) is 10.4. The number of hydrogen-bond acceptors (Lipinski definition) is 3. The SMILES string of the molecule is CCOC(=O)/N=C(/c1ccc[nH]1)N1CCOCC1. The number of nitrogens with zero attached hydrogens (tertiary/aromatic N) is 2. The predicted molar refractivity (Wildman–Crippen MR) is 66.7 cm³/mol. The van der Waals surface area contributed by atoms with E-state index in [2.05, 4.69) is 9.98 Å². The Morgan fingerprint density at radius 3 is 2.94 bits per heavy atom. The quantitative estimate of drug-likeness (QED) is 0.634. The van der Waals surface area contributed by atoms with E-state index in [0.717, 1.165) is 18.8 Å². The first-order valence-electron chi connectivity index (χ1n) is 6.03. The number of rotatable bonds is 2. The fourth-order valence-corrected chi connectivity index (χ4v) is 1.79. The maximum atomic E-state index is 11.5. The Morgan fingerprint density at radius 2 is 2.33 bits per heavy atom. The van der Waals surface area contributed by atoms with Crippen LogP contribution < -0.4 is 0 Å². The molecule has 1 aromatic heterocycles. The molecule has 0 spiro atoms. The van der Waals surface area contributed by atoms with Gasteiger partial charge in [-0.3, -0.25) is 0 Å². The molecule has 2 heterocycles. The molecule has 0 atom stereocenters. The molecule has 0 aromatic carbocycles. The van der Waals surface area contributed by atoms with Crippen LogP contribution in [0.1, 0.15) is 12.6 Å². The molecule has 0 saturated carbocycles. The molecule has 1 aliphatic rings. The van der Waals surface area contributed by atoms with Gasteiger partial charge in [-0.25, -0.2) is 4.79 Å². The predicted octanol–water partition coefficient (Wildman–Crippen LogP) is 1.25. The first kappa shape index (κ1) is 12.6. The fraction of sp³-hybridized carbons (Fsp3) is 0.500. The van der Waals surface area contributed by atoms with Gasteiger partial charge in [0, 0.05) is 19.3 Å². The Bertz CT molecular complexity index is 408. The molecular formula is C12H17N3O3. The molecule has 98 valence electrons. The van der Waals surface area contributed by atoms with Gasteiger partial charge in [-0.05, 0) is 19.1 Å². The molecule has 0 unspecified atom stereocenters. The van der Waals surface area contributed by atoms with Gasteiger partial charge in [0.25, 0.3) is 0 Å². The Labute approximate surface area is 106 Å². The van der Waals surface area contributed by atoms with Gasteiger partial charge < -0.3 is 19.4 Å². The van der Waals surface area contributed by atoms with Crippen LogP contribution in [0.5, 0.6) is 0 Å². The summed E-state index contributed by atoms with van der Waals surface area (Å²) in [7, 11) is 0. The maximum Gasteiger partial charge on any atom is 0.435 e. The van der Waals surface area contributed by atoms with E-state index in [4.69, 9.17) is 9.47 Å². The molecule has 1 N–H and O–H groups in total. The van der Waals surface area contributed by atoms with Crippen molar-refractivity contribution < 1.29 is 14.3 Å². The monoisotopic (exact) mass is 251 g/mol. The summed E-state index contributed by atoms with van der Waals surface area (Å²) in [6.45, 7) is 4.81. The van der Waals surface area contributed by atoms with Gasteiger partial charge in [0.15, 0.2) is 5.84 Å². The maximum absolute atomic E-state index is 11.5. The number of carbonyl (C=O) groups is 1. The third-order valence-corrected chi connectivity index (χ3v) is 2.61. The van der Waals surface area contributed by atoms with Crippen LogP contribution in [-0.2, 0) is 9.47 Å². The summed E-state index contributed by atoms with van der Waals surface area (Å²) in [6.07, 6.45) is 1.24. The van der Waals surface area contributed by atoms with Crippen LogP contribution >= 0.6 is 0 Å². The lowest BCUT2D eigenvalue weighted by molar-refractivity contribution is 0.0679. The first-order chi connectivity index (χ1) is 8.81. The molecule has 6 nitrogen and oxygen atoms in total. The first-order valence-corrected chi connectivity index (χ1v) is 6.03. The van der Waals surface area contributed by atoms with Crippen LogP contribution in [0.4, 0.5) is 4.79 Å². The number of aromatic nitrogens is 1. The summed E-state index contributed by atoms with van der Waals surface area (Å²) in [5, 5.41) is 0. The molecule has 0 bridgehead atoms. The highest BCUT2D eigenvalue weighted by atomic mass is 16.5. The van der Waals surface area contributed by atoms with Crippen LogP contribution in [0.2, 0.25) is 0 Å². The molecule has 1 aromatic rings. The summed E-state index contributed by atoms with van der Waals surface area (Å²) in [6, 6.07) is 3.75. The summed E-state index contributed by atoms with van der Waals surface area (Å²) in [4.78, 5) is 20.6. The highest BCUT2D eigenvalue weighted by Crippen LogP contribution is 2.07. The third kappa shape index (κ3) is 3.10. The van der Waals surface area contributed by atoms with Crippen LogP contribution in [-0.4, -0.2) is 54.7 Å². The zero-order chi connectivity index (χ0) is 12.8. The van der Waals surface area contributed by atoms with Gasteiger partial charge in [0.05, 0.1) is 25.5 Å². The highest BCUT2D eigenvalue weighted by molar-refractivity contribution is 6.02. The highest BCUT2D eigenvalue weighted by Gasteiger charge is 2.19. The van der Waals surface area contributed by atoms with Crippen molar-refractivity contribution in [1.29, 1.82) is 0 Å². The fourth-order valence-electron chi connectivity index (χ4n) is 1.79. The summed E-state index contributed by atoms with van der Waals surface area (Å²) < 4.78 is 10.2. The number of ether oxygens (including phenoxy) is 2. The van der Waals surface area contributed by atoms with E-state index in [9.17, 15) is 4.79 Å². The van der Waals surface area contributed by atoms with Crippen molar-refractivity contribution in [3.05, 3.63) is 24.0 Å². The summed E-state index contributed by atoms with van der Waals surface area (Å²) in [5.41, 5.74) is 0.810. The topological polar surface area (TPSA) is 66.9 Å². The number of carbonyl (C=O) groups excluding carboxylic acids is 1. The van der Waals surface area contributed by atoms with Crippen molar-refractivity contribution >= 4 is 11.9 Å². The molecule has 0 radical (unpaired) electrons. The van der Waals surface area contributed by atoms with E-state index < -0.39 is 6.09 Å². The van der Waals surface area contributed by atoms with Crippen molar-refractivity contribution in [2.45, 2.75) is 6.92 Å². The van der Waals surface area contributed by atoms with Gasteiger partial charge in [-0.1, -0.05) is 0 Å². The van der Waals surface area contributed by atoms with Gasteiger partial charge >= 0.3 is 6.09 Å². The smallest absolute Gasteiger partial charge is 0.435 e. The second-order valence-electron chi connectivity index (χ2n) is 3.82. The van der Waals surface area contributed by atoms with Crippen LogP contribution in [0, 0.1) is 0 Å². The Morgan fingerprint density at radius 1 is 1.56 bits per heavy atom. The van der Waals surface area contributed by atoms with Crippen molar-refractivity contribution in [3.63, 3.8) is 0 Å². The lowest BCUT2D eigenvalue weighted by Gasteiger charge is -2.29. The Hall–Kier alpha value is -1.82. The number of amidine groups is 1. The Kier molecular flexibility index (Phi) is 4.35. The summed E-state index contributed by atoms with van der Waals surface area (Å²) in [5.74, 6) is 0.613. The van der Waals surface area contributed by atoms with Crippen molar-refractivity contribution in [3.8, 4) is 0 Å². The van der Waals surface area contributed by atoms with E-state index in [-0.39, 0.29) is 0 Å². The number of H-pyrrole nitrogens is 1. The van der Waals surface area contributed by atoms with Gasteiger partial charge in [0.1, 0.15) is 0 Å². The number of aliphatic imine (C=N–C) groups is 1. The molecule has 0 aliphatic carbocycles. The third-order valence-electron chi connectivity index (χ3n) is 2.61. The lowest BCUT2D eigenvalue weighted by Crippen LogP contribution is -2.41. The number of hydrogen-bond donors (Lipinski definition) is 1. The molecule has 1 aliphatic heterocycles. The van der Waals surface area contributed by atoms with Gasteiger partial charge in [0.2, 0.25) is 0 Å². The lowest BCUT2D eigenvalue weighted by atomic mass is 10.3. The second kappa shape index (κ2) is 6.20. The average molecular weight is 251 g/mol. The van der Waals surface area contributed by atoms with Crippen molar-refractivity contribution in [2.24, 2.45) is 4.99 Å². The van der Waals surface area contributed by atoms with Crippen LogP contribution in [0.25, 0.3) is 0 Å². The van der Waals surface area contributed by atoms with Crippen molar-refractivity contribution in [2.75, 3.05) is 32.9 Å². The molecule has 18 heavy (non-hydrogen) atoms. The Balaban J connectivity index is 2.19. The van der Waals surface area contributed by atoms with E-state index in [1.807, 2.05) is 17.0 Å². The number of nitrogens with one attached hydrogen (secondary N) is 1. The van der Waals surface area contributed by atoms with E-state index in [1.165, 1.54) is 0 Å². The van der Waals surface area contributed by atoms with Crippen molar-refractivity contribution in [1.82, 2.24) is 9.88 Å². The normalized spacial score (nSPS) is 16.7. The van der Waals surface area contributed by atoms with E-state index >= 15 is 0 Å². The minimum Gasteiger partial charge on any atom is -0.448 e.